The molecule has 0 heterocycles. The van der Waals surface area contributed by atoms with E-state index < -0.39 is 5.41 Å². The summed E-state index contributed by atoms with van der Waals surface area (Å²) in [6, 6.07) is 0. The third-order valence-electron chi connectivity index (χ3n) is 4.78. The minimum absolute atomic E-state index is 0. The Balaban J connectivity index is -0.000000189. The molecule has 2 aliphatic carbocycles. The summed E-state index contributed by atoms with van der Waals surface area (Å²) in [7, 11) is 0.750. The van der Waals surface area contributed by atoms with Crippen molar-refractivity contribution in [3.63, 3.8) is 0 Å². The van der Waals surface area contributed by atoms with Crippen molar-refractivity contribution < 1.29 is 26.5 Å². The second-order valence-corrected chi connectivity index (χ2v) is 7.80. The molecule has 27 heavy (non-hydrogen) atoms. The van der Waals surface area contributed by atoms with Gasteiger partial charge in [-0.1, -0.05) is 88.3 Å². The van der Waals surface area contributed by atoms with Gasteiger partial charge in [0.1, 0.15) is 0 Å². The summed E-state index contributed by atoms with van der Waals surface area (Å²) in [6.07, 6.45) is 18.8. The van der Waals surface area contributed by atoms with Crippen molar-refractivity contribution in [3.05, 3.63) is 59.2 Å². The van der Waals surface area contributed by atoms with Gasteiger partial charge in [-0.3, -0.25) is 0 Å². The third kappa shape index (κ3) is 12.9. The number of rotatable bonds is 2. The normalized spacial score (nSPS) is 17.9. The maximum absolute atomic E-state index is 12.1. The molecule has 0 saturated heterocycles. The van der Waals surface area contributed by atoms with E-state index in [1.54, 1.807) is 0 Å². The molecular weight excluding hydrogens is 382 g/mol. The van der Waals surface area contributed by atoms with Crippen molar-refractivity contribution >= 4 is 15.4 Å². The molecule has 1 amide bonds. The summed E-state index contributed by atoms with van der Waals surface area (Å²) in [5.41, 5.74) is 8.56. The quantitative estimate of drug-likeness (QED) is 0.329. The molecule has 0 spiro atoms. The second kappa shape index (κ2) is 22.2. The maximum atomic E-state index is 12.1. The van der Waals surface area contributed by atoms with Gasteiger partial charge in [-0.2, -0.15) is 0 Å². The molecule has 0 unspecified atom stereocenters. The van der Waals surface area contributed by atoms with E-state index in [9.17, 15) is 4.79 Å². The monoisotopic (exact) mass is 427 g/mol. The SMILES string of the molecule is C[SiH]C.[CH3-].[CH3-].[CH3-].[CH3-].[NH-]C(=O)C1(C2=CC=CC2)CCCCCCCCCC1.[Ti]. The Labute approximate surface area is 189 Å². The first-order chi connectivity index (χ1) is 10.7. The summed E-state index contributed by atoms with van der Waals surface area (Å²) >= 11 is 0. The Hall–Kier alpha value is -0.119. The van der Waals surface area contributed by atoms with Gasteiger partial charge in [-0.15, -0.1) is 0 Å². The first kappa shape index (κ1) is 37.6. The zero-order chi connectivity index (χ0) is 16.3. The van der Waals surface area contributed by atoms with Crippen LogP contribution in [0.1, 0.15) is 70.6 Å². The van der Waals surface area contributed by atoms with Crippen LogP contribution in [0.25, 0.3) is 5.73 Å². The molecule has 0 atom stereocenters. The number of amides is 1. The summed E-state index contributed by atoms with van der Waals surface area (Å²) in [5, 5.41) is 0. The van der Waals surface area contributed by atoms with Crippen molar-refractivity contribution in [1.29, 1.82) is 0 Å². The van der Waals surface area contributed by atoms with Crippen LogP contribution < -0.4 is 0 Å². The topological polar surface area (TPSA) is 40.9 Å². The Morgan fingerprint density at radius 2 is 1.26 bits per heavy atom. The molecule has 2 rings (SSSR count). The number of nitrogens with one attached hydrogen (secondary N) is 1. The average Bonchev–Trinajstić information content (AvgIpc) is 3.00. The fourth-order valence-corrected chi connectivity index (χ4v) is 3.54. The van der Waals surface area contributed by atoms with Crippen LogP contribution in [-0.4, -0.2) is 15.4 Å². The van der Waals surface area contributed by atoms with Crippen LogP contribution >= 0.6 is 0 Å². The van der Waals surface area contributed by atoms with Crippen LogP contribution in [-0.2, 0) is 26.5 Å². The number of carbonyl (C=O) groups is 1. The molecule has 2 nitrogen and oxygen atoms in total. The minimum Gasteiger partial charge on any atom is -0.667 e. The predicted molar refractivity (Wildman–Crippen MR) is 124 cm³/mol. The van der Waals surface area contributed by atoms with E-state index in [0.717, 1.165) is 41.6 Å². The largest absolute Gasteiger partial charge is 0.667 e. The number of hydrogen-bond donors (Lipinski definition) is 0. The fourth-order valence-electron chi connectivity index (χ4n) is 3.54. The minimum atomic E-state index is -0.464. The van der Waals surface area contributed by atoms with Crippen LogP contribution in [0.2, 0.25) is 13.1 Å². The number of carbonyl (C=O) groups excluding carboxylic acids is 1. The summed E-state index contributed by atoms with van der Waals surface area (Å²) in [4.78, 5) is 12.1. The Morgan fingerprint density at radius 3 is 1.56 bits per heavy atom. The van der Waals surface area contributed by atoms with Gasteiger partial charge in [0, 0.05) is 36.7 Å². The molecule has 1 N–H and O–H groups in total. The van der Waals surface area contributed by atoms with Gasteiger partial charge in [0.25, 0.3) is 0 Å². The third-order valence-corrected chi connectivity index (χ3v) is 4.78. The van der Waals surface area contributed by atoms with Gasteiger partial charge in [0.15, 0.2) is 0 Å². The van der Waals surface area contributed by atoms with E-state index in [-0.39, 0.29) is 57.3 Å². The van der Waals surface area contributed by atoms with Crippen LogP contribution in [0.4, 0.5) is 0 Å². The van der Waals surface area contributed by atoms with E-state index in [1.165, 1.54) is 44.1 Å². The van der Waals surface area contributed by atoms with Gasteiger partial charge in [0.05, 0.1) is 5.91 Å². The van der Waals surface area contributed by atoms with Crippen molar-refractivity contribution in [3.8, 4) is 0 Å². The van der Waals surface area contributed by atoms with Gasteiger partial charge >= 0.3 is 0 Å². The number of hydrogen-bond acceptors (Lipinski definition) is 1. The van der Waals surface area contributed by atoms with Crippen molar-refractivity contribution in [2.45, 2.75) is 83.7 Å². The first-order valence-corrected chi connectivity index (χ1v) is 11.3. The molecule has 4 heteroatoms. The fraction of sp³-hybridized carbons (Fsp3) is 0.609. The Bertz CT molecular complexity index is 382. The van der Waals surface area contributed by atoms with Crippen LogP contribution in [0.15, 0.2) is 23.8 Å². The summed E-state index contributed by atoms with van der Waals surface area (Å²) in [5.74, 6) is -0.346. The van der Waals surface area contributed by atoms with Crippen molar-refractivity contribution in [1.82, 2.24) is 0 Å². The smallest absolute Gasteiger partial charge is 0.0592 e. The van der Waals surface area contributed by atoms with E-state index >= 15 is 0 Å². The molecule has 0 aromatic rings. The molecule has 0 bridgehead atoms. The summed E-state index contributed by atoms with van der Waals surface area (Å²) in [6.45, 7) is 4.42. The molecule has 1 saturated carbocycles. The van der Waals surface area contributed by atoms with Crippen molar-refractivity contribution in [2.24, 2.45) is 5.41 Å². The van der Waals surface area contributed by atoms with Gasteiger partial charge in [0.2, 0.25) is 0 Å². The standard InChI is InChI=1S/C17H27NO.C2H7Si.4CH3.Ti/c18-16(19)17(15-11-7-8-12-15)13-9-5-3-1-2-4-6-10-14-17;1-3-2;;;;;/h7-8,11H,1-6,9-10,12-14H2,(H2,18,19);3H,1-2H3;4*1H3;/q;;4*-1;/p-1. The molecule has 161 valence electrons. The second-order valence-electron chi connectivity index (χ2n) is 6.64. The molecule has 0 aromatic heterocycles. The maximum Gasteiger partial charge on any atom is 0.0592 e. The average molecular weight is 428 g/mol. The molecule has 2 aliphatic rings. The zero-order valence-electron chi connectivity index (χ0n) is 19.0. The molecule has 0 aliphatic heterocycles. The van der Waals surface area contributed by atoms with Crippen LogP contribution in [0.5, 0.6) is 0 Å². The zero-order valence-corrected chi connectivity index (χ0v) is 21.7. The van der Waals surface area contributed by atoms with Gasteiger partial charge in [-0.25, -0.2) is 0 Å². The van der Waals surface area contributed by atoms with E-state index in [2.05, 4.69) is 25.2 Å². The summed E-state index contributed by atoms with van der Waals surface area (Å²) < 4.78 is 0. The predicted octanol–water partition coefficient (Wildman–Crippen LogP) is 7.67. The Morgan fingerprint density at radius 1 is 0.889 bits per heavy atom. The van der Waals surface area contributed by atoms with Crippen molar-refractivity contribution in [2.75, 3.05) is 0 Å². The van der Waals surface area contributed by atoms with Gasteiger partial charge < -0.3 is 40.2 Å². The molecule has 1 fully saturated rings. The molecule has 0 aromatic carbocycles. The van der Waals surface area contributed by atoms with Crippen LogP contribution in [0, 0.1) is 35.1 Å². The van der Waals surface area contributed by atoms with Gasteiger partial charge in [-0.05, 0) is 19.3 Å². The molecular formula is C23H45NOSiTi-5. The van der Waals surface area contributed by atoms with E-state index in [4.69, 9.17) is 5.73 Å². The van der Waals surface area contributed by atoms with E-state index in [1.807, 2.05) is 6.08 Å². The number of allylic oxidation sites excluding steroid dienone is 3. The molecule has 1 radical (unpaired) electrons. The van der Waals surface area contributed by atoms with Crippen LogP contribution in [0.3, 0.4) is 0 Å². The Kier molecular flexibility index (Phi) is 30.9. The first-order valence-electron chi connectivity index (χ1n) is 9.03. The van der Waals surface area contributed by atoms with E-state index in [0.29, 0.717) is 0 Å².